The number of aryl methyl sites for hydroxylation is 4. The van der Waals surface area contributed by atoms with Gasteiger partial charge in [-0.15, -0.1) is 0 Å². The van der Waals surface area contributed by atoms with E-state index in [0.717, 1.165) is 0 Å². The van der Waals surface area contributed by atoms with Crippen molar-refractivity contribution in [3.63, 3.8) is 0 Å². The third-order valence-corrected chi connectivity index (χ3v) is 10.5. The van der Waals surface area contributed by atoms with Gasteiger partial charge in [0.25, 0.3) is 0 Å². The smallest absolute Gasteiger partial charge is 0.0486 e. The zero-order valence-corrected chi connectivity index (χ0v) is 28.0. The second kappa shape index (κ2) is 14.2. The van der Waals surface area contributed by atoms with Crippen LogP contribution in [0, 0.1) is 0 Å². The van der Waals surface area contributed by atoms with E-state index < -0.39 is 0 Å². The maximum atomic E-state index is 2.47. The molecule has 0 atom stereocenters. The van der Waals surface area contributed by atoms with Gasteiger partial charge in [-0.05, 0) is 82.3 Å². The molecule has 0 amide bonds. The molecular weight excluding hydrogens is 532 g/mol. The Morgan fingerprint density at radius 1 is 0.364 bits per heavy atom. The third-order valence-electron chi connectivity index (χ3n) is 10.5. The largest absolute Gasteiger partial charge is 0.348 e. The lowest BCUT2D eigenvalue weighted by atomic mass is 9.94. The van der Waals surface area contributed by atoms with Gasteiger partial charge < -0.3 is 9.13 Å². The lowest BCUT2D eigenvalue weighted by Crippen LogP contribution is -1.96. The molecule has 0 aliphatic carbocycles. The lowest BCUT2D eigenvalue weighted by Gasteiger charge is -2.10. The van der Waals surface area contributed by atoms with E-state index in [1.807, 2.05) is 0 Å². The zero-order valence-electron chi connectivity index (χ0n) is 28.0. The van der Waals surface area contributed by atoms with Gasteiger partial charge in [0, 0.05) is 47.3 Å². The van der Waals surface area contributed by atoms with Crippen molar-refractivity contribution in [3.8, 4) is 0 Å². The van der Waals surface area contributed by atoms with Crippen molar-refractivity contribution < 1.29 is 0 Å². The average molecular weight is 587 g/mol. The summed E-state index contributed by atoms with van der Waals surface area (Å²) < 4.78 is 4.87. The van der Waals surface area contributed by atoms with Gasteiger partial charge in [-0.3, -0.25) is 0 Å². The Morgan fingerprint density at radius 2 is 0.659 bits per heavy atom. The number of aromatic nitrogens is 2. The summed E-state index contributed by atoms with van der Waals surface area (Å²) in [5.41, 5.74) is 5.65. The van der Waals surface area contributed by atoms with Gasteiger partial charge in [0.2, 0.25) is 0 Å². The highest BCUT2D eigenvalue weighted by Crippen LogP contribution is 2.38. The highest BCUT2D eigenvalue weighted by atomic mass is 14.9. The number of fused-ring (bicyclic) bond motifs is 9. The average Bonchev–Trinajstić information content (AvgIpc) is 3.55. The molecule has 0 spiro atoms. The summed E-state index contributed by atoms with van der Waals surface area (Å²) in [6.45, 7) is 4.59. The lowest BCUT2D eigenvalue weighted by molar-refractivity contribution is 0.584. The fourth-order valence-corrected chi connectivity index (χ4v) is 7.79. The predicted octanol–water partition coefficient (Wildman–Crippen LogP) is 12.7. The number of benzene rings is 4. The van der Waals surface area contributed by atoms with Gasteiger partial charge in [-0.2, -0.15) is 0 Å². The van der Waals surface area contributed by atoms with Crippen molar-refractivity contribution in [3.05, 3.63) is 72.1 Å². The number of rotatable bonds is 16. The molecule has 0 aliphatic rings. The summed E-state index contributed by atoms with van der Waals surface area (Å²) in [5, 5.41) is 11.1. The standard InChI is InChI=1S/C42H54N2/c1-5-7-9-11-13-15-17-19-31-29-39-37-23-21-34-33(35(37)25-27-41(39)43(31)3)22-24-38-36(34)26-28-42-40(38)30-32(44(42)4)20-18-16-14-12-10-8-6-2/h21-30H,5-20H2,1-4H3. The van der Waals surface area contributed by atoms with E-state index in [4.69, 9.17) is 0 Å². The minimum absolute atomic E-state index is 1.17. The van der Waals surface area contributed by atoms with E-state index in [1.54, 1.807) is 0 Å². The summed E-state index contributed by atoms with van der Waals surface area (Å²) in [6.07, 6.45) is 21.4. The first-order chi connectivity index (χ1) is 21.6. The van der Waals surface area contributed by atoms with Crippen LogP contribution in [0.3, 0.4) is 0 Å². The van der Waals surface area contributed by atoms with Crippen LogP contribution in [0.25, 0.3) is 54.1 Å². The third kappa shape index (κ3) is 6.15. The van der Waals surface area contributed by atoms with Crippen LogP contribution in [0.2, 0.25) is 0 Å². The maximum absolute atomic E-state index is 2.47. The maximum Gasteiger partial charge on any atom is 0.0486 e. The fraction of sp³-hybridized carbons (Fsp3) is 0.476. The molecule has 2 nitrogen and oxygen atoms in total. The van der Waals surface area contributed by atoms with E-state index in [9.17, 15) is 0 Å². The number of nitrogens with zero attached hydrogens (tertiary/aromatic N) is 2. The fourth-order valence-electron chi connectivity index (χ4n) is 7.79. The summed E-state index contributed by atoms with van der Waals surface area (Å²) >= 11 is 0. The minimum Gasteiger partial charge on any atom is -0.348 e. The van der Waals surface area contributed by atoms with Gasteiger partial charge >= 0.3 is 0 Å². The van der Waals surface area contributed by atoms with Crippen LogP contribution < -0.4 is 0 Å². The molecule has 0 fully saturated rings. The number of hydrogen-bond acceptors (Lipinski definition) is 0. The molecule has 2 heteroatoms. The van der Waals surface area contributed by atoms with Crippen LogP contribution in [-0.2, 0) is 26.9 Å². The molecule has 0 radical (unpaired) electrons. The normalized spacial score (nSPS) is 12.2. The first-order valence-corrected chi connectivity index (χ1v) is 18.0. The molecule has 6 aromatic rings. The van der Waals surface area contributed by atoms with Crippen LogP contribution >= 0.6 is 0 Å². The molecular formula is C42H54N2. The number of hydrogen-bond donors (Lipinski definition) is 0. The Morgan fingerprint density at radius 3 is 1.02 bits per heavy atom. The van der Waals surface area contributed by atoms with Crippen LogP contribution in [0.1, 0.15) is 115 Å². The van der Waals surface area contributed by atoms with Gasteiger partial charge in [0.05, 0.1) is 0 Å². The monoisotopic (exact) mass is 586 g/mol. The molecule has 44 heavy (non-hydrogen) atoms. The van der Waals surface area contributed by atoms with Crippen LogP contribution in [0.15, 0.2) is 60.7 Å². The first kappa shape index (κ1) is 30.8. The van der Waals surface area contributed by atoms with Crippen molar-refractivity contribution in [1.82, 2.24) is 9.13 Å². The summed E-state index contributed by atoms with van der Waals surface area (Å²) in [6, 6.07) is 23.9. The molecule has 0 unspecified atom stereocenters. The van der Waals surface area contributed by atoms with E-state index >= 15 is 0 Å². The topological polar surface area (TPSA) is 9.86 Å². The summed E-state index contributed by atoms with van der Waals surface area (Å²) in [7, 11) is 4.51. The van der Waals surface area contributed by atoms with Crippen LogP contribution in [0.4, 0.5) is 0 Å². The molecule has 2 heterocycles. The Kier molecular flexibility index (Phi) is 9.95. The Hall–Kier alpha value is -3.26. The van der Waals surface area contributed by atoms with Gasteiger partial charge in [-0.25, -0.2) is 0 Å². The van der Waals surface area contributed by atoms with Gasteiger partial charge in [0.1, 0.15) is 0 Å². The molecule has 0 N–H and O–H groups in total. The Labute approximate surface area is 265 Å². The molecule has 0 aliphatic heterocycles. The van der Waals surface area contributed by atoms with Crippen LogP contribution in [-0.4, -0.2) is 9.13 Å². The van der Waals surface area contributed by atoms with Gasteiger partial charge in [0.15, 0.2) is 0 Å². The second-order valence-electron chi connectivity index (χ2n) is 13.5. The molecule has 0 saturated carbocycles. The van der Waals surface area contributed by atoms with E-state index in [1.165, 1.54) is 168 Å². The second-order valence-corrected chi connectivity index (χ2v) is 13.5. The Bertz CT molecular complexity index is 1730. The van der Waals surface area contributed by atoms with E-state index in [2.05, 4.69) is 97.7 Å². The quantitative estimate of drug-likeness (QED) is 0.0788. The molecule has 4 aromatic carbocycles. The van der Waals surface area contributed by atoms with Crippen molar-refractivity contribution in [2.45, 2.75) is 117 Å². The molecule has 2 aromatic heterocycles. The SMILES string of the molecule is CCCCCCCCCc1cc2c3ccc4c(ccc5c4ccc4c5cc(CCCCCCCCC)n4C)c3ccc2n1C. The van der Waals surface area contributed by atoms with Crippen molar-refractivity contribution in [1.29, 1.82) is 0 Å². The number of unbranched alkanes of at least 4 members (excludes halogenated alkanes) is 12. The van der Waals surface area contributed by atoms with Crippen LogP contribution in [0.5, 0.6) is 0 Å². The van der Waals surface area contributed by atoms with E-state index in [-0.39, 0.29) is 0 Å². The summed E-state index contributed by atoms with van der Waals surface area (Å²) in [5.74, 6) is 0. The highest BCUT2D eigenvalue weighted by molar-refractivity contribution is 6.24. The summed E-state index contributed by atoms with van der Waals surface area (Å²) in [4.78, 5) is 0. The zero-order chi connectivity index (χ0) is 30.5. The van der Waals surface area contributed by atoms with E-state index in [0.29, 0.717) is 0 Å². The predicted molar refractivity (Wildman–Crippen MR) is 195 cm³/mol. The van der Waals surface area contributed by atoms with Crippen molar-refractivity contribution >= 4 is 54.1 Å². The van der Waals surface area contributed by atoms with Crippen molar-refractivity contribution in [2.75, 3.05) is 0 Å². The van der Waals surface area contributed by atoms with Crippen molar-refractivity contribution in [2.24, 2.45) is 14.1 Å². The minimum atomic E-state index is 1.17. The molecule has 0 saturated heterocycles. The molecule has 6 rings (SSSR count). The first-order valence-electron chi connectivity index (χ1n) is 18.0. The molecule has 232 valence electrons. The van der Waals surface area contributed by atoms with Gasteiger partial charge in [-0.1, -0.05) is 127 Å². The highest BCUT2D eigenvalue weighted by Gasteiger charge is 2.14. The Balaban J connectivity index is 1.26. The molecule has 0 bridgehead atoms.